The van der Waals surface area contributed by atoms with E-state index in [4.69, 9.17) is 16.6 Å². The molecule has 0 aromatic heterocycles. The molecule has 1 unspecified atom stereocenters. The Labute approximate surface area is 86.0 Å². The number of rotatable bonds is 6. The van der Waals surface area contributed by atoms with Gasteiger partial charge in [0.25, 0.3) is 0 Å². The molecular weight excluding hydrogens is 204 g/mol. The van der Waals surface area contributed by atoms with Crippen molar-refractivity contribution in [3.05, 3.63) is 0 Å². The van der Waals surface area contributed by atoms with Gasteiger partial charge in [0.1, 0.15) is 6.04 Å². The van der Waals surface area contributed by atoms with Gasteiger partial charge in [0.05, 0.1) is 0 Å². The molecule has 0 heterocycles. The van der Waals surface area contributed by atoms with E-state index in [2.05, 4.69) is 5.32 Å². The first-order chi connectivity index (χ1) is 6.93. The number of carboxylic acid groups (broad SMARTS) is 1. The molecule has 0 aliphatic carbocycles. The largest absolute Gasteiger partial charge is 0.465 e. The van der Waals surface area contributed by atoms with E-state index < -0.39 is 24.1 Å². The third-order valence-corrected chi connectivity index (χ3v) is 1.61. The molecule has 0 saturated carbocycles. The van der Waals surface area contributed by atoms with Crippen molar-refractivity contribution in [3.8, 4) is 0 Å². The van der Waals surface area contributed by atoms with Crippen LogP contribution in [0.5, 0.6) is 0 Å². The van der Waals surface area contributed by atoms with Gasteiger partial charge in [-0.3, -0.25) is 4.79 Å². The molecular formula is C7H14N4O4. The predicted octanol–water partition coefficient (Wildman–Crippen LogP) is -1.44. The molecule has 0 aliphatic heterocycles. The Balaban J connectivity index is 3.81. The number of carbonyl (C=O) groups is 3. The van der Waals surface area contributed by atoms with Crippen LogP contribution in [0.1, 0.15) is 12.8 Å². The lowest BCUT2D eigenvalue weighted by atomic mass is 10.1. The normalized spacial score (nSPS) is 11.5. The van der Waals surface area contributed by atoms with Crippen molar-refractivity contribution in [2.24, 2.45) is 11.5 Å². The topological polar surface area (TPSA) is 148 Å². The zero-order valence-corrected chi connectivity index (χ0v) is 8.03. The summed E-state index contributed by atoms with van der Waals surface area (Å²) in [6.07, 6.45) is -0.708. The van der Waals surface area contributed by atoms with Crippen LogP contribution in [0, 0.1) is 0 Å². The quantitative estimate of drug-likeness (QED) is 0.347. The van der Waals surface area contributed by atoms with Crippen molar-refractivity contribution in [3.63, 3.8) is 0 Å². The second-order valence-corrected chi connectivity index (χ2v) is 2.84. The van der Waals surface area contributed by atoms with E-state index in [0.717, 1.165) is 0 Å². The summed E-state index contributed by atoms with van der Waals surface area (Å²) in [5.74, 6) is -0.753. The molecule has 1 atom stereocenters. The molecule has 7 N–H and O–H groups in total. The molecule has 0 aromatic carbocycles. The van der Waals surface area contributed by atoms with E-state index in [0.29, 0.717) is 6.42 Å². The van der Waals surface area contributed by atoms with Gasteiger partial charge >= 0.3 is 12.1 Å². The van der Waals surface area contributed by atoms with E-state index in [9.17, 15) is 14.4 Å². The van der Waals surface area contributed by atoms with Gasteiger partial charge in [0.2, 0.25) is 5.91 Å². The lowest BCUT2D eigenvalue weighted by Gasteiger charge is -2.12. The summed E-state index contributed by atoms with van der Waals surface area (Å²) >= 11 is 0. The lowest BCUT2D eigenvalue weighted by Crippen LogP contribution is -2.44. The number of hydrogen-bond acceptors (Lipinski definition) is 3. The first-order valence-corrected chi connectivity index (χ1v) is 4.25. The summed E-state index contributed by atoms with van der Waals surface area (Å²) in [7, 11) is 0. The Morgan fingerprint density at radius 2 is 1.87 bits per heavy atom. The molecule has 0 spiro atoms. The van der Waals surface area contributed by atoms with Gasteiger partial charge in [-0.25, -0.2) is 9.59 Å². The number of nitrogens with one attached hydrogen (secondary N) is 2. The maximum absolute atomic E-state index is 10.7. The fourth-order valence-corrected chi connectivity index (χ4v) is 0.952. The lowest BCUT2D eigenvalue weighted by molar-refractivity contribution is -0.120. The van der Waals surface area contributed by atoms with Crippen LogP contribution in [0.2, 0.25) is 0 Å². The van der Waals surface area contributed by atoms with Crippen LogP contribution < -0.4 is 22.1 Å². The molecule has 0 radical (unpaired) electrons. The molecule has 15 heavy (non-hydrogen) atoms. The highest BCUT2D eigenvalue weighted by Gasteiger charge is 2.16. The molecule has 0 rings (SSSR count). The second kappa shape index (κ2) is 6.46. The monoisotopic (exact) mass is 218 g/mol. The Morgan fingerprint density at radius 3 is 2.27 bits per heavy atom. The van der Waals surface area contributed by atoms with Crippen molar-refractivity contribution >= 4 is 18.0 Å². The standard InChI is InChI=1S/C7H14N4O4/c8-5(12)4(11-7(14)15)2-1-3-10-6(9)13/h4,11H,1-3H2,(H2,8,12)(H,14,15)(H3,9,10,13). The molecule has 0 aliphatic rings. The van der Waals surface area contributed by atoms with Crippen LogP contribution in [-0.2, 0) is 4.79 Å². The van der Waals surface area contributed by atoms with Gasteiger partial charge in [-0.1, -0.05) is 0 Å². The molecule has 8 nitrogen and oxygen atoms in total. The van der Waals surface area contributed by atoms with E-state index in [-0.39, 0.29) is 13.0 Å². The van der Waals surface area contributed by atoms with Crippen LogP contribution in [0.15, 0.2) is 0 Å². The van der Waals surface area contributed by atoms with Crippen molar-refractivity contribution < 1.29 is 19.5 Å². The van der Waals surface area contributed by atoms with Gasteiger partial charge in [-0.15, -0.1) is 0 Å². The SMILES string of the molecule is NC(=O)NCCCC(NC(=O)O)C(N)=O. The summed E-state index contributed by atoms with van der Waals surface area (Å²) in [4.78, 5) is 31.3. The summed E-state index contributed by atoms with van der Waals surface area (Å²) in [6.45, 7) is 0.264. The summed E-state index contributed by atoms with van der Waals surface area (Å²) in [5.41, 5.74) is 9.75. The zero-order valence-electron chi connectivity index (χ0n) is 8.03. The maximum atomic E-state index is 10.7. The Kier molecular flexibility index (Phi) is 5.60. The fourth-order valence-electron chi connectivity index (χ4n) is 0.952. The minimum Gasteiger partial charge on any atom is -0.465 e. The zero-order chi connectivity index (χ0) is 11.8. The van der Waals surface area contributed by atoms with E-state index in [1.807, 2.05) is 5.32 Å². The third kappa shape index (κ3) is 7.11. The summed E-state index contributed by atoms with van der Waals surface area (Å²) < 4.78 is 0. The van der Waals surface area contributed by atoms with E-state index in [1.54, 1.807) is 0 Å². The Hall–Kier alpha value is -1.99. The van der Waals surface area contributed by atoms with E-state index >= 15 is 0 Å². The molecule has 0 aromatic rings. The average molecular weight is 218 g/mol. The number of urea groups is 1. The average Bonchev–Trinajstić information content (AvgIpc) is 2.08. The number of primary amides is 2. The van der Waals surface area contributed by atoms with Gasteiger partial charge in [-0.05, 0) is 12.8 Å². The van der Waals surface area contributed by atoms with Gasteiger partial charge in [-0.2, -0.15) is 0 Å². The van der Waals surface area contributed by atoms with Crippen LogP contribution in [-0.4, -0.2) is 35.7 Å². The molecule has 0 bridgehead atoms. The summed E-state index contributed by atoms with van der Waals surface area (Å²) in [5, 5.41) is 12.6. The maximum Gasteiger partial charge on any atom is 0.405 e. The molecule has 8 heteroatoms. The van der Waals surface area contributed by atoms with Crippen LogP contribution in [0.25, 0.3) is 0 Å². The highest BCUT2D eigenvalue weighted by Crippen LogP contribution is 1.95. The number of amides is 4. The Morgan fingerprint density at radius 1 is 1.27 bits per heavy atom. The molecule has 4 amide bonds. The predicted molar refractivity (Wildman–Crippen MR) is 51.0 cm³/mol. The number of carbonyl (C=O) groups excluding carboxylic acids is 2. The van der Waals surface area contributed by atoms with Gasteiger partial charge in [0, 0.05) is 6.54 Å². The molecule has 0 saturated heterocycles. The van der Waals surface area contributed by atoms with Gasteiger partial charge in [0.15, 0.2) is 0 Å². The second-order valence-electron chi connectivity index (χ2n) is 2.84. The van der Waals surface area contributed by atoms with Crippen molar-refractivity contribution in [2.45, 2.75) is 18.9 Å². The highest BCUT2D eigenvalue weighted by molar-refractivity contribution is 5.83. The molecule has 86 valence electrons. The van der Waals surface area contributed by atoms with Crippen LogP contribution in [0.3, 0.4) is 0 Å². The minimum atomic E-state index is -1.32. The smallest absolute Gasteiger partial charge is 0.405 e. The fraction of sp³-hybridized carbons (Fsp3) is 0.571. The van der Waals surface area contributed by atoms with Crippen LogP contribution in [0.4, 0.5) is 9.59 Å². The van der Waals surface area contributed by atoms with Crippen molar-refractivity contribution in [1.82, 2.24) is 10.6 Å². The first kappa shape index (κ1) is 13.0. The first-order valence-electron chi connectivity index (χ1n) is 4.25. The van der Waals surface area contributed by atoms with Crippen molar-refractivity contribution in [2.75, 3.05) is 6.54 Å². The highest BCUT2D eigenvalue weighted by atomic mass is 16.4. The third-order valence-electron chi connectivity index (χ3n) is 1.61. The number of hydrogen-bond donors (Lipinski definition) is 5. The van der Waals surface area contributed by atoms with Gasteiger partial charge < -0.3 is 27.2 Å². The minimum absolute atomic E-state index is 0.210. The van der Waals surface area contributed by atoms with Crippen LogP contribution >= 0.6 is 0 Å². The Bertz CT molecular complexity index is 255. The molecule has 0 fully saturated rings. The number of nitrogens with two attached hydrogens (primary N) is 2. The summed E-state index contributed by atoms with van der Waals surface area (Å²) in [6, 6.07) is -1.62. The van der Waals surface area contributed by atoms with E-state index in [1.165, 1.54) is 0 Å². The van der Waals surface area contributed by atoms with Crippen molar-refractivity contribution in [1.29, 1.82) is 0 Å².